The molecule has 4 nitrogen and oxygen atoms in total. The lowest BCUT2D eigenvalue weighted by Crippen LogP contribution is -2.39. The highest BCUT2D eigenvalue weighted by molar-refractivity contribution is 7.18. The van der Waals surface area contributed by atoms with Crippen LogP contribution in [-0.4, -0.2) is 29.6 Å². The van der Waals surface area contributed by atoms with Gasteiger partial charge in [0, 0.05) is 18.0 Å². The van der Waals surface area contributed by atoms with Crippen molar-refractivity contribution in [3.63, 3.8) is 0 Å². The monoisotopic (exact) mass is 290 g/mol. The fourth-order valence-corrected chi connectivity index (χ4v) is 4.08. The van der Waals surface area contributed by atoms with E-state index in [4.69, 9.17) is 10.7 Å². The predicted octanol–water partition coefficient (Wildman–Crippen LogP) is 2.79. The number of thiophene rings is 1. The van der Waals surface area contributed by atoms with Crippen LogP contribution in [0.3, 0.4) is 0 Å². The van der Waals surface area contributed by atoms with E-state index in [-0.39, 0.29) is 0 Å². The Balaban J connectivity index is 2.10. The Morgan fingerprint density at radius 2 is 2.10 bits per heavy atom. The summed E-state index contributed by atoms with van der Waals surface area (Å²) in [6, 6.07) is 0. The number of anilines is 1. The third kappa shape index (κ3) is 2.29. The summed E-state index contributed by atoms with van der Waals surface area (Å²) in [5.41, 5.74) is 7.19. The van der Waals surface area contributed by atoms with Crippen LogP contribution in [0.5, 0.6) is 0 Å². The van der Waals surface area contributed by atoms with Crippen molar-refractivity contribution in [3.05, 3.63) is 16.3 Å². The molecular formula is C15H22N4S. The van der Waals surface area contributed by atoms with Crippen molar-refractivity contribution in [1.82, 2.24) is 9.97 Å². The molecule has 0 aromatic carbocycles. The number of fused-ring (bicyclic) bond motifs is 1. The number of hydrogen-bond donors (Lipinski definition) is 1. The molecule has 2 aromatic heterocycles. The Morgan fingerprint density at radius 1 is 1.30 bits per heavy atom. The van der Waals surface area contributed by atoms with E-state index < -0.39 is 0 Å². The minimum Gasteiger partial charge on any atom is -0.356 e. The molecule has 0 spiro atoms. The van der Waals surface area contributed by atoms with E-state index in [2.05, 4.69) is 23.7 Å². The van der Waals surface area contributed by atoms with Crippen LogP contribution in [0.2, 0.25) is 0 Å². The van der Waals surface area contributed by atoms with Gasteiger partial charge in [0.25, 0.3) is 0 Å². The standard InChI is InChI=1S/C15H22N4S/c1-9-10(2)20-15-13(9)14(17-11(3)18-15)19-6-4-5-12(7-16)8-19/h12H,4-8,16H2,1-3H3. The Bertz CT molecular complexity index is 634. The van der Waals surface area contributed by atoms with Crippen LogP contribution < -0.4 is 10.6 Å². The van der Waals surface area contributed by atoms with Crippen LogP contribution in [0.4, 0.5) is 5.82 Å². The SMILES string of the molecule is Cc1nc(N2CCCC(CN)C2)c2c(C)c(C)sc2n1. The third-order valence-corrected chi connectivity index (χ3v) is 5.37. The summed E-state index contributed by atoms with van der Waals surface area (Å²) in [4.78, 5) is 14.2. The number of rotatable bonds is 2. The summed E-state index contributed by atoms with van der Waals surface area (Å²) in [5, 5.41) is 1.25. The first-order chi connectivity index (χ1) is 9.60. The van der Waals surface area contributed by atoms with Gasteiger partial charge in [-0.25, -0.2) is 9.97 Å². The molecule has 20 heavy (non-hydrogen) atoms. The van der Waals surface area contributed by atoms with Gasteiger partial charge in [-0.05, 0) is 51.6 Å². The fraction of sp³-hybridized carbons (Fsp3) is 0.600. The molecule has 1 atom stereocenters. The summed E-state index contributed by atoms with van der Waals surface area (Å²) in [7, 11) is 0. The van der Waals surface area contributed by atoms with Crippen molar-refractivity contribution < 1.29 is 0 Å². The Kier molecular flexibility index (Phi) is 3.65. The van der Waals surface area contributed by atoms with Gasteiger partial charge < -0.3 is 10.6 Å². The van der Waals surface area contributed by atoms with E-state index in [1.807, 2.05) is 6.92 Å². The molecule has 5 heteroatoms. The molecule has 2 N–H and O–H groups in total. The highest BCUT2D eigenvalue weighted by atomic mass is 32.1. The van der Waals surface area contributed by atoms with Crippen LogP contribution in [0.15, 0.2) is 0 Å². The lowest BCUT2D eigenvalue weighted by atomic mass is 9.98. The minimum absolute atomic E-state index is 0.592. The molecule has 1 aliphatic rings. The van der Waals surface area contributed by atoms with E-state index in [9.17, 15) is 0 Å². The Hall–Kier alpha value is -1.20. The van der Waals surface area contributed by atoms with Gasteiger partial charge in [0.15, 0.2) is 0 Å². The molecule has 1 saturated heterocycles. The minimum atomic E-state index is 0.592. The number of hydrogen-bond acceptors (Lipinski definition) is 5. The average Bonchev–Trinajstić information content (AvgIpc) is 2.73. The Labute approximate surface area is 124 Å². The molecular weight excluding hydrogens is 268 g/mol. The lowest BCUT2D eigenvalue weighted by Gasteiger charge is -2.33. The molecule has 3 rings (SSSR count). The number of nitrogens with two attached hydrogens (primary N) is 1. The molecule has 108 valence electrons. The summed E-state index contributed by atoms with van der Waals surface area (Å²) >= 11 is 1.78. The van der Waals surface area contributed by atoms with Crippen molar-refractivity contribution in [3.8, 4) is 0 Å². The van der Waals surface area contributed by atoms with Gasteiger partial charge in [-0.1, -0.05) is 0 Å². The van der Waals surface area contributed by atoms with E-state index in [1.165, 1.54) is 28.7 Å². The van der Waals surface area contributed by atoms with Crippen LogP contribution in [-0.2, 0) is 0 Å². The molecule has 0 saturated carbocycles. The summed E-state index contributed by atoms with van der Waals surface area (Å²) in [6.07, 6.45) is 2.44. The number of nitrogens with zero attached hydrogens (tertiary/aromatic N) is 3. The predicted molar refractivity (Wildman–Crippen MR) is 85.6 cm³/mol. The van der Waals surface area contributed by atoms with Crippen molar-refractivity contribution in [2.75, 3.05) is 24.5 Å². The normalized spacial score (nSPS) is 19.8. The molecule has 0 aliphatic carbocycles. The van der Waals surface area contributed by atoms with Crippen molar-refractivity contribution >= 4 is 27.4 Å². The second-order valence-electron chi connectivity index (χ2n) is 5.75. The van der Waals surface area contributed by atoms with Gasteiger partial charge in [-0.2, -0.15) is 0 Å². The van der Waals surface area contributed by atoms with Crippen LogP contribution in [0.1, 0.15) is 29.1 Å². The van der Waals surface area contributed by atoms with Crippen LogP contribution in [0.25, 0.3) is 10.2 Å². The summed E-state index contributed by atoms with van der Waals surface area (Å²) < 4.78 is 0. The van der Waals surface area contributed by atoms with E-state index >= 15 is 0 Å². The van der Waals surface area contributed by atoms with Crippen molar-refractivity contribution in [2.24, 2.45) is 11.7 Å². The lowest BCUT2D eigenvalue weighted by molar-refractivity contribution is 0.422. The molecule has 0 bridgehead atoms. The number of piperidine rings is 1. The first-order valence-electron chi connectivity index (χ1n) is 7.29. The van der Waals surface area contributed by atoms with Gasteiger partial charge in [0.05, 0.1) is 5.39 Å². The zero-order valence-electron chi connectivity index (χ0n) is 12.4. The quantitative estimate of drug-likeness (QED) is 0.924. The molecule has 0 amide bonds. The van der Waals surface area contributed by atoms with Gasteiger partial charge >= 0.3 is 0 Å². The molecule has 0 radical (unpaired) electrons. The van der Waals surface area contributed by atoms with Gasteiger partial charge in [-0.15, -0.1) is 11.3 Å². The van der Waals surface area contributed by atoms with Crippen LogP contribution in [0, 0.1) is 26.7 Å². The maximum Gasteiger partial charge on any atom is 0.141 e. The first-order valence-corrected chi connectivity index (χ1v) is 8.11. The molecule has 1 fully saturated rings. The molecule has 2 aromatic rings. The zero-order valence-corrected chi connectivity index (χ0v) is 13.3. The average molecular weight is 290 g/mol. The fourth-order valence-electron chi connectivity index (χ4n) is 3.01. The van der Waals surface area contributed by atoms with E-state index in [0.29, 0.717) is 5.92 Å². The molecule has 1 unspecified atom stereocenters. The highest BCUT2D eigenvalue weighted by Gasteiger charge is 2.23. The van der Waals surface area contributed by atoms with Gasteiger partial charge in [0.2, 0.25) is 0 Å². The molecule has 1 aliphatic heterocycles. The van der Waals surface area contributed by atoms with Crippen molar-refractivity contribution in [1.29, 1.82) is 0 Å². The molecule has 3 heterocycles. The van der Waals surface area contributed by atoms with Gasteiger partial charge in [0.1, 0.15) is 16.5 Å². The maximum atomic E-state index is 5.86. The summed E-state index contributed by atoms with van der Waals surface area (Å²) in [5.74, 6) is 2.57. The Morgan fingerprint density at radius 3 is 2.85 bits per heavy atom. The van der Waals surface area contributed by atoms with E-state index in [0.717, 1.165) is 36.1 Å². The number of aromatic nitrogens is 2. The van der Waals surface area contributed by atoms with Crippen molar-refractivity contribution in [2.45, 2.75) is 33.6 Å². The largest absolute Gasteiger partial charge is 0.356 e. The second kappa shape index (κ2) is 5.30. The maximum absolute atomic E-state index is 5.86. The van der Waals surface area contributed by atoms with E-state index in [1.54, 1.807) is 11.3 Å². The third-order valence-electron chi connectivity index (χ3n) is 4.27. The number of aryl methyl sites for hydroxylation is 3. The topological polar surface area (TPSA) is 55.0 Å². The first kappa shape index (κ1) is 13.8. The second-order valence-corrected chi connectivity index (χ2v) is 6.95. The van der Waals surface area contributed by atoms with Gasteiger partial charge in [-0.3, -0.25) is 0 Å². The summed E-state index contributed by atoms with van der Waals surface area (Å²) in [6.45, 7) is 9.20. The highest BCUT2D eigenvalue weighted by Crippen LogP contribution is 2.36. The smallest absolute Gasteiger partial charge is 0.141 e. The van der Waals surface area contributed by atoms with Crippen LogP contribution >= 0.6 is 11.3 Å². The zero-order chi connectivity index (χ0) is 14.3.